The van der Waals surface area contributed by atoms with E-state index in [1.54, 1.807) is 26.4 Å². The van der Waals surface area contributed by atoms with Gasteiger partial charge in [-0.05, 0) is 49.1 Å². The molecule has 146 valence electrons. The van der Waals surface area contributed by atoms with Crippen LogP contribution < -0.4 is 19.5 Å². The summed E-state index contributed by atoms with van der Waals surface area (Å²) in [6.07, 6.45) is 1.63. The zero-order chi connectivity index (χ0) is 19.6. The zero-order valence-corrected chi connectivity index (χ0v) is 16.7. The van der Waals surface area contributed by atoms with Crippen molar-refractivity contribution < 1.29 is 19.0 Å². The van der Waals surface area contributed by atoms with Crippen LogP contribution in [0.3, 0.4) is 0 Å². The second-order valence-corrected chi connectivity index (χ2v) is 6.44. The van der Waals surface area contributed by atoms with Gasteiger partial charge in [0.1, 0.15) is 5.75 Å². The number of ether oxygens (including phenoxy) is 3. The lowest BCUT2D eigenvalue weighted by atomic mass is 10.1. The molecule has 0 radical (unpaired) electrons. The second-order valence-electron chi connectivity index (χ2n) is 6.03. The van der Waals surface area contributed by atoms with E-state index in [0.717, 1.165) is 18.4 Å². The topological polar surface area (TPSA) is 56.8 Å². The Morgan fingerprint density at radius 3 is 2.48 bits per heavy atom. The summed E-state index contributed by atoms with van der Waals surface area (Å²) in [5.74, 6) is 1.80. The van der Waals surface area contributed by atoms with Gasteiger partial charge in [0, 0.05) is 6.54 Å². The zero-order valence-electron chi connectivity index (χ0n) is 16.0. The molecule has 6 heteroatoms. The SMILES string of the molecule is CCC(Oc1ccccc1Cl)C(=O)NCCCc1ccc(OC)c(OC)c1. The highest BCUT2D eigenvalue weighted by Crippen LogP contribution is 2.28. The standard InChI is InChI=1S/C21H26ClNO4/c1-4-17(27-18-10-6-5-9-16(18)22)21(24)23-13-7-8-15-11-12-19(25-2)20(14-15)26-3/h5-6,9-12,14,17H,4,7-8,13H2,1-3H3,(H,23,24). The Bertz CT molecular complexity index is 751. The van der Waals surface area contributed by atoms with E-state index >= 15 is 0 Å². The van der Waals surface area contributed by atoms with E-state index in [1.165, 1.54) is 0 Å². The average Bonchev–Trinajstić information content (AvgIpc) is 2.70. The fraction of sp³-hybridized carbons (Fsp3) is 0.381. The van der Waals surface area contributed by atoms with Crippen LogP contribution in [-0.2, 0) is 11.2 Å². The van der Waals surface area contributed by atoms with Crippen LogP contribution in [0.1, 0.15) is 25.3 Å². The second kappa shape index (κ2) is 10.7. The maximum Gasteiger partial charge on any atom is 0.261 e. The summed E-state index contributed by atoms with van der Waals surface area (Å²) in [5.41, 5.74) is 1.13. The highest BCUT2D eigenvalue weighted by Gasteiger charge is 2.18. The highest BCUT2D eigenvalue weighted by atomic mass is 35.5. The molecular weight excluding hydrogens is 366 g/mol. The van der Waals surface area contributed by atoms with E-state index in [0.29, 0.717) is 35.2 Å². The maximum atomic E-state index is 12.4. The molecule has 2 aromatic rings. The Hall–Kier alpha value is -2.40. The first-order valence-corrected chi connectivity index (χ1v) is 9.36. The first-order chi connectivity index (χ1) is 13.1. The number of rotatable bonds is 10. The third kappa shape index (κ3) is 6.07. The van der Waals surface area contributed by atoms with Crippen LogP contribution in [0.15, 0.2) is 42.5 Å². The van der Waals surface area contributed by atoms with Gasteiger partial charge in [0.15, 0.2) is 17.6 Å². The van der Waals surface area contributed by atoms with Crippen molar-refractivity contribution in [1.29, 1.82) is 0 Å². The van der Waals surface area contributed by atoms with E-state index in [1.807, 2.05) is 37.3 Å². The normalized spacial score (nSPS) is 11.6. The van der Waals surface area contributed by atoms with Gasteiger partial charge >= 0.3 is 0 Å². The Kier molecular flexibility index (Phi) is 8.27. The quantitative estimate of drug-likeness (QED) is 0.615. The van der Waals surface area contributed by atoms with Crippen molar-refractivity contribution in [1.82, 2.24) is 5.32 Å². The average molecular weight is 392 g/mol. The van der Waals surface area contributed by atoms with Gasteiger partial charge < -0.3 is 19.5 Å². The molecule has 2 rings (SSSR count). The summed E-state index contributed by atoms with van der Waals surface area (Å²) >= 11 is 6.10. The number of carbonyl (C=O) groups is 1. The highest BCUT2D eigenvalue weighted by molar-refractivity contribution is 6.32. The van der Waals surface area contributed by atoms with Crippen molar-refractivity contribution >= 4 is 17.5 Å². The van der Waals surface area contributed by atoms with Crippen LogP contribution in [0, 0.1) is 0 Å². The molecule has 1 atom stereocenters. The van der Waals surface area contributed by atoms with E-state index in [4.69, 9.17) is 25.8 Å². The first kappa shape index (κ1) is 20.9. The van der Waals surface area contributed by atoms with Crippen LogP contribution in [-0.4, -0.2) is 32.8 Å². The Labute approximate surface area is 165 Å². The molecular formula is C21H26ClNO4. The number of nitrogens with one attached hydrogen (secondary N) is 1. The number of carbonyl (C=O) groups excluding carboxylic acids is 1. The summed E-state index contributed by atoms with van der Waals surface area (Å²) in [6, 6.07) is 13.0. The van der Waals surface area contributed by atoms with Gasteiger partial charge in [-0.2, -0.15) is 0 Å². The van der Waals surface area contributed by atoms with Crippen molar-refractivity contribution in [2.75, 3.05) is 20.8 Å². The molecule has 1 N–H and O–H groups in total. The van der Waals surface area contributed by atoms with E-state index < -0.39 is 6.10 Å². The minimum absolute atomic E-state index is 0.135. The number of aryl methyl sites for hydroxylation is 1. The molecule has 1 amide bonds. The third-order valence-electron chi connectivity index (χ3n) is 4.16. The van der Waals surface area contributed by atoms with Crippen molar-refractivity contribution in [3.8, 4) is 17.2 Å². The maximum absolute atomic E-state index is 12.4. The molecule has 5 nitrogen and oxygen atoms in total. The smallest absolute Gasteiger partial charge is 0.261 e. The van der Waals surface area contributed by atoms with Gasteiger partial charge in [-0.1, -0.05) is 36.7 Å². The summed E-state index contributed by atoms with van der Waals surface area (Å²) < 4.78 is 16.3. The van der Waals surface area contributed by atoms with Gasteiger partial charge in [-0.25, -0.2) is 0 Å². The molecule has 2 aromatic carbocycles. The largest absolute Gasteiger partial charge is 0.493 e. The van der Waals surface area contributed by atoms with Crippen LogP contribution in [0.4, 0.5) is 0 Å². The molecule has 0 spiro atoms. The van der Waals surface area contributed by atoms with E-state index in [9.17, 15) is 4.79 Å². The fourth-order valence-electron chi connectivity index (χ4n) is 2.67. The minimum atomic E-state index is -0.564. The summed E-state index contributed by atoms with van der Waals surface area (Å²) in [4.78, 5) is 12.4. The van der Waals surface area contributed by atoms with Crippen LogP contribution >= 0.6 is 11.6 Å². The van der Waals surface area contributed by atoms with Gasteiger partial charge in [-0.3, -0.25) is 4.79 Å². The Morgan fingerprint density at radius 2 is 1.81 bits per heavy atom. The molecule has 0 heterocycles. The molecule has 0 saturated carbocycles. The number of hydrogen-bond acceptors (Lipinski definition) is 4. The molecule has 1 unspecified atom stereocenters. The van der Waals surface area contributed by atoms with Crippen molar-refractivity contribution in [2.24, 2.45) is 0 Å². The number of para-hydroxylation sites is 1. The lowest BCUT2D eigenvalue weighted by molar-refractivity contribution is -0.128. The molecule has 0 aliphatic heterocycles. The first-order valence-electron chi connectivity index (χ1n) is 8.98. The third-order valence-corrected chi connectivity index (χ3v) is 4.47. The number of methoxy groups -OCH3 is 2. The summed E-state index contributed by atoms with van der Waals surface area (Å²) in [5, 5.41) is 3.43. The van der Waals surface area contributed by atoms with Crippen molar-refractivity contribution in [3.05, 3.63) is 53.1 Å². The number of hydrogen-bond donors (Lipinski definition) is 1. The van der Waals surface area contributed by atoms with Gasteiger partial charge in [0.05, 0.1) is 19.2 Å². The lowest BCUT2D eigenvalue weighted by Crippen LogP contribution is -2.38. The monoisotopic (exact) mass is 391 g/mol. The fourth-order valence-corrected chi connectivity index (χ4v) is 2.85. The molecule has 0 saturated heterocycles. The molecule has 0 aliphatic rings. The predicted octanol–water partition coefficient (Wildman–Crippen LogP) is 4.26. The van der Waals surface area contributed by atoms with E-state index in [-0.39, 0.29) is 5.91 Å². The Balaban J connectivity index is 1.81. The van der Waals surface area contributed by atoms with Gasteiger partial charge in [0.2, 0.25) is 0 Å². The summed E-state index contributed by atoms with van der Waals surface area (Å²) in [6.45, 7) is 2.47. The molecule has 0 fully saturated rings. The molecule has 0 aliphatic carbocycles. The van der Waals surface area contributed by atoms with Gasteiger partial charge in [-0.15, -0.1) is 0 Å². The number of amides is 1. The molecule has 27 heavy (non-hydrogen) atoms. The van der Waals surface area contributed by atoms with Crippen molar-refractivity contribution in [2.45, 2.75) is 32.3 Å². The predicted molar refractivity (Wildman–Crippen MR) is 107 cm³/mol. The van der Waals surface area contributed by atoms with Crippen LogP contribution in [0.25, 0.3) is 0 Å². The van der Waals surface area contributed by atoms with Crippen LogP contribution in [0.5, 0.6) is 17.2 Å². The van der Waals surface area contributed by atoms with Crippen molar-refractivity contribution in [3.63, 3.8) is 0 Å². The minimum Gasteiger partial charge on any atom is -0.493 e. The molecule has 0 bridgehead atoms. The van der Waals surface area contributed by atoms with Gasteiger partial charge in [0.25, 0.3) is 5.91 Å². The molecule has 0 aromatic heterocycles. The Morgan fingerprint density at radius 1 is 1.07 bits per heavy atom. The van der Waals surface area contributed by atoms with E-state index in [2.05, 4.69) is 5.32 Å². The lowest BCUT2D eigenvalue weighted by Gasteiger charge is -2.18. The summed E-state index contributed by atoms with van der Waals surface area (Å²) in [7, 11) is 3.23. The number of halogens is 1. The van der Waals surface area contributed by atoms with Crippen LogP contribution in [0.2, 0.25) is 5.02 Å². The number of benzene rings is 2.